The van der Waals surface area contributed by atoms with Crippen LogP contribution in [0.2, 0.25) is 0 Å². The Morgan fingerprint density at radius 3 is 2.67 bits per heavy atom. The van der Waals surface area contributed by atoms with Crippen molar-refractivity contribution in [1.29, 1.82) is 0 Å². The first-order valence-electron chi connectivity index (χ1n) is 4.94. The van der Waals surface area contributed by atoms with E-state index in [-0.39, 0.29) is 11.9 Å². The number of carbonyl (C=O) groups is 2. The zero-order chi connectivity index (χ0) is 10.7. The fourth-order valence-corrected chi connectivity index (χ4v) is 1.56. The molecule has 1 aromatic rings. The highest BCUT2D eigenvalue weighted by Crippen LogP contribution is 2.07. The van der Waals surface area contributed by atoms with E-state index in [9.17, 15) is 9.59 Å². The Morgan fingerprint density at radius 1 is 1.27 bits per heavy atom. The predicted molar refractivity (Wildman–Crippen MR) is 55.5 cm³/mol. The summed E-state index contributed by atoms with van der Waals surface area (Å²) in [4.78, 5) is 24.5. The number of nitrogens with zero attached hydrogens (tertiary/aromatic N) is 1. The minimum absolute atomic E-state index is 0.229. The summed E-state index contributed by atoms with van der Waals surface area (Å²) in [5.74, 6) is -0.229. The molecule has 78 valence electrons. The van der Waals surface area contributed by atoms with Crippen molar-refractivity contribution in [3.8, 4) is 0 Å². The van der Waals surface area contributed by atoms with Crippen LogP contribution in [0.25, 0.3) is 0 Å². The highest BCUT2D eigenvalue weighted by molar-refractivity contribution is 6.04. The number of nitrogens with one attached hydrogen (secondary N) is 1. The Labute approximate surface area is 87.9 Å². The van der Waals surface area contributed by atoms with E-state index in [4.69, 9.17) is 0 Å². The second-order valence-electron chi connectivity index (χ2n) is 3.41. The van der Waals surface area contributed by atoms with Crippen molar-refractivity contribution in [3.63, 3.8) is 0 Å². The van der Waals surface area contributed by atoms with Gasteiger partial charge in [-0.25, -0.2) is 4.79 Å². The van der Waals surface area contributed by atoms with Crippen molar-refractivity contribution >= 4 is 11.9 Å². The molecule has 0 atom stereocenters. The quantitative estimate of drug-likeness (QED) is 0.748. The Balaban J connectivity index is 2.17. The van der Waals surface area contributed by atoms with Crippen LogP contribution in [0.15, 0.2) is 30.3 Å². The summed E-state index contributed by atoms with van der Waals surface area (Å²) in [6.07, 6.45) is 0.810. The summed E-state index contributed by atoms with van der Waals surface area (Å²) in [6.45, 7) is 1.15. The SMILES string of the molecule is O=C1NCCCN1C(=O)c1ccccc1. The van der Waals surface area contributed by atoms with E-state index >= 15 is 0 Å². The maximum atomic E-state index is 11.9. The maximum absolute atomic E-state index is 11.9. The Bertz CT molecular complexity index is 375. The van der Waals surface area contributed by atoms with Crippen LogP contribution in [0, 0.1) is 0 Å². The van der Waals surface area contributed by atoms with Gasteiger partial charge < -0.3 is 5.32 Å². The second-order valence-corrected chi connectivity index (χ2v) is 3.41. The molecule has 3 amide bonds. The fraction of sp³-hybridized carbons (Fsp3) is 0.273. The number of urea groups is 1. The fourth-order valence-electron chi connectivity index (χ4n) is 1.56. The molecule has 1 heterocycles. The lowest BCUT2D eigenvalue weighted by atomic mass is 10.2. The highest BCUT2D eigenvalue weighted by Gasteiger charge is 2.24. The molecular weight excluding hydrogens is 192 g/mol. The van der Waals surface area contributed by atoms with Crippen molar-refractivity contribution in [2.24, 2.45) is 0 Å². The van der Waals surface area contributed by atoms with Gasteiger partial charge in [-0.05, 0) is 18.6 Å². The molecular formula is C11H12N2O2. The monoisotopic (exact) mass is 204 g/mol. The molecule has 0 bridgehead atoms. The summed E-state index contributed by atoms with van der Waals surface area (Å²) >= 11 is 0. The topological polar surface area (TPSA) is 49.4 Å². The summed E-state index contributed by atoms with van der Waals surface area (Å²) in [6, 6.07) is 8.54. The average Bonchev–Trinajstić information content (AvgIpc) is 2.30. The Hall–Kier alpha value is -1.84. The van der Waals surface area contributed by atoms with Gasteiger partial charge in [-0.1, -0.05) is 18.2 Å². The predicted octanol–water partition coefficient (Wildman–Crippen LogP) is 1.24. The smallest absolute Gasteiger partial charge is 0.324 e. The standard InChI is InChI=1S/C11H12N2O2/c14-10(9-5-2-1-3-6-9)13-8-4-7-12-11(13)15/h1-3,5-6H,4,7-8H2,(H,12,15). The van der Waals surface area contributed by atoms with Crippen LogP contribution >= 0.6 is 0 Å². The van der Waals surface area contributed by atoms with Crippen LogP contribution in [0.1, 0.15) is 16.8 Å². The van der Waals surface area contributed by atoms with Gasteiger partial charge in [-0.3, -0.25) is 9.69 Å². The molecule has 15 heavy (non-hydrogen) atoms. The van der Waals surface area contributed by atoms with E-state index in [1.165, 1.54) is 4.90 Å². The highest BCUT2D eigenvalue weighted by atomic mass is 16.2. The molecule has 4 nitrogen and oxygen atoms in total. The molecule has 1 aliphatic rings. The number of rotatable bonds is 1. The van der Waals surface area contributed by atoms with Gasteiger partial charge in [0.15, 0.2) is 0 Å². The minimum Gasteiger partial charge on any atom is -0.338 e. The molecule has 0 unspecified atom stereocenters. The molecule has 1 N–H and O–H groups in total. The summed E-state index contributed by atoms with van der Waals surface area (Å²) < 4.78 is 0. The van der Waals surface area contributed by atoms with Crippen LogP contribution in [0.3, 0.4) is 0 Å². The molecule has 1 aromatic carbocycles. The molecule has 0 radical (unpaired) electrons. The average molecular weight is 204 g/mol. The molecule has 4 heteroatoms. The molecule has 1 aliphatic heterocycles. The molecule has 1 fully saturated rings. The third kappa shape index (κ3) is 1.98. The van der Waals surface area contributed by atoms with Gasteiger partial charge in [0.2, 0.25) is 0 Å². The lowest BCUT2D eigenvalue weighted by Gasteiger charge is -2.25. The third-order valence-corrected chi connectivity index (χ3v) is 2.35. The second kappa shape index (κ2) is 4.13. The Kier molecular flexibility index (Phi) is 2.67. The summed E-state index contributed by atoms with van der Waals surface area (Å²) in [5.41, 5.74) is 0.551. The van der Waals surface area contributed by atoms with E-state index < -0.39 is 0 Å². The van der Waals surface area contributed by atoms with E-state index in [0.29, 0.717) is 18.7 Å². The van der Waals surface area contributed by atoms with Crippen LogP contribution < -0.4 is 5.32 Å². The Morgan fingerprint density at radius 2 is 2.00 bits per heavy atom. The molecule has 0 aromatic heterocycles. The number of hydrogen-bond acceptors (Lipinski definition) is 2. The van der Waals surface area contributed by atoms with Gasteiger partial charge >= 0.3 is 6.03 Å². The van der Waals surface area contributed by atoms with E-state index in [1.54, 1.807) is 24.3 Å². The van der Waals surface area contributed by atoms with Crippen molar-refractivity contribution in [2.45, 2.75) is 6.42 Å². The first kappa shape index (κ1) is 9.71. The van der Waals surface area contributed by atoms with Crippen LogP contribution in [-0.2, 0) is 0 Å². The van der Waals surface area contributed by atoms with Gasteiger partial charge in [-0.2, -0.15) is 0 Å². The normalized spacial score (nSPS) is 16.0. The van der Waals surface area contributed by atoms with E-state index in [1.807, 2.05) is 6.07 Å². The molecule has 0 aliphatic carbocycles. The molecule has 2 rings (SSSR count). The van der Waals surface area contributed by atoms with Crippen molar-refractivity contribution in [1.82, 2.24) is 10.2 Å². The number of benzene rings is 1. The zero-order valence-electron chi connectivity index (χ0n) is 8.27. The first-order chi connectivity index (χ1) is 7.29. The molecule has 0 spiro atoms. The van der Waals surface area contributed by atoms with Gasteiger partial charge in [0.1, 0.15) is 0 Å². The molecule has 0 saturated carbocycles. The maximum Gasteiger partial charge on any atom is 0.324 e. The lowest BCUT2D eigenvalue weighted by Crippen LogP contribution is -2.49. The van der Waals surface area contributed by atoms with Crippen LogP contribution in [0.4, 0.5) is 4.79 Å². The third-order valence-electron chi connectivity index (χ3n) is 2.35. The van der Waals surface area contributed by atoms with Crippen molar-refractivity contribution in [2.75, 3.05) is 13.1 Å². The number of hydrogen-bond donors (Lipinski definition) is 1. The van der Waals surface area contributed by atoms with Crippen LogP contribution in [0.5, 0.6) is 0 Å². The van der Waals surface area contributed by atoms with Gasteiger partial charge in [0.05, 0.1) is 0 Å². The van der Waals surface area contributed by atoms with Gasteiger partial charge in [0, 0.05) is 18.7 Å². The van der Waals surface area contributed by atoms with Crippen molar-refractivity contribution < 1.29 is 9.59 Å². The van der Waals surface area contributed by atoms with Crippen molar-refractivity contribution in [3.05, 3.63) is 35.9 Å². The first-order valence-corrected chi connectivity index (χ1v) is 4.94. The zero-order valence-corrected chi connectivity index (χ0v) is 8.27. The molecule has 1 saturated heterocycles. The number of amides is 3. The lowest BCUT2D eigenvalue weighted by molar-refractivity contribution is 0.0783. The van der Waals surface area contributed by atoms with Crippen LogP contribution in [-0.4, -0.2) is 29.9 Å². The van der Waals surface area contributed by atoms with Gasteiger partial charge in [-0.15, -0.1) is 0 Å². The largest absolute Gasteiger partial charge is 0.338 e. The minimum atomic E-state index is -0.296. The summed E-state index contributed by atoms with van der Waals surface area (Å²) in [7, 11) is 0. The van der Waals surface area contributed by atoms with E-state index in [0.717, 1.165) is 6.42 Å². The van der Waals surface area contributed by atoms with Gasteiger partial charge in [0.25, 0.3) is 5.91 Å². The number of imide groups is 1. The number of carbonyl (C=O) groups excluding carboxylic acids is 2. The van der Waals surface area contributed by atoms with E-state index in [2.05, 4.69) is 5.32 Å². The summed E-state index contributed by atoms with van der Waals surface area (Å²) in [5, 5.41) is 2.65.